The molecule has 0 radical (unpaired) electrons. The topological polar surface area (TPSA) is 47.9 Å². The minimum atomic E-state index is -0.447. The number of aliphatic imine (C=N–C) groups is 1. The van der Waals surface area contributed by atoms with Crippen molar-refractivity contribution in [1.29, 1.82) is 0 Å². The van der Waals surface area contributed by atoms with E-state index in [0.29, 0.717) is 5.90 Å². The van der Waals surface area contributed by atoms with Crippen LogP contribution in [0.25, 0.3) is 6.08 Å². The molecule has 0 amide bonds. The third kappa shape index (κ3) is 4.01. The first-order valence-corrected chi connectivity index (χ1v) is 9.09. The molecule has 4 heteroatoms. The smallest absolute Gasteiger partial charge is 0.363 e. The monoisotopic (exact) mass is 369 g/mol. The quantitative estimate of drug-likeness (QED) is 0.460. The summed E-state index contributed by atoms with van der Waals surface area (Å²) in [6, 6.07) is 27.0. The predicted octanol–water partition coefficient (Wildman–Crippen LogP) is 5.17. The predicted molar refractivity (Wildman–Crippen MR) is 109 cm³/mol. The lowest BCUT2D eigenvalue weighted by atomic mass is 10.1. The van der Waals surface area contributed by atoms with Gasteiger partial charge < -0.3 is 9.47 Å². The number of nitrogens with zero attached hydrogens (tertiary/aromatic N) is 1. The summed E-state index contributed by atoms with van der Waals surface area (Å²) >= 11 is 0. The molecular weight excluding hydrogens is 350 g/mol. The van der Waals surface area contributed by atoms with Gasteiger partial charge in [-0.15, -0.1) is 0 Å². The zero-order chi connectivity index (χ0) is 19.3. The molecule has 0 aromatic heterocycles. The number of carbonyl (C=O) groups is 1. The summed E-state index contributed by atoms with van der Waals surface area (Å²) in [5.74, 6) is 0.645. The van der Waals surface area contributed by atoms with Crippen LogP contribution in [-0.4, -0.2) is 11.9 Å². The van der Waals surface area contributed by atoms with Gasteiger partial charge in [-0.2, -0.15) is 0 Å². The summed E-state index contributed by atoms with van der Waals surface area (Å²) in [6.07, 6.45) is 1.66. The highest BCUT2D eigenvalue weighted by molar-refractivity contribution is 6.12. The lowest BCUT2D eigenvalue weighted by Gasteiger charge is -2.15. The first-order valence-electron chi connectivity index (χ1n) is 9.09. The highest BCUT2D eigenvalue weighted by atomic mass is 16.6. The van der Waals surface area contributed by atoms with Gasteiger partial charge in [-0.3, -0.25) is 0 Å². The molecule has 3 aromatic rings. The molecule has 0 fully saturated rings. The second kappa shape index (κ2) is 7.92. The van der Waals surface area contributed by atoms with E-state index >= 15 is 0 Å². The van der Waals surface area contributed by atoms with E-state index in [2.05, 4.69) is 4.99 Å². The maximum Gasteiger partial charge on any atom is 0.363 e. The van der Waals surface area contributed by atoms with Crippen LogP contribution in [0.1, 0.15) is 29.7 Å². The maximum atomic E-state index is 12.1. The number of esters is 1. The van der Waals surface area contributed by atoms with Gasteiger partial charge in [-0.05, 0) is 48.4 Å². The molecule has 3 aromatic carbocycles. The van der Waals surface area contributed by atoms with Crippen molar-refractivity contribution in [2.75, 3.05) is 0 Å². The molecule has 1 heterocycles. The summed E-state index contributed by atoms with van der Waals surface area (Å²) in [6.45, 7) is 2.01. The highest BCUT2D eigenvalue weighted by Crippen LogP contribution is 2.24. The third-order valence-corrected chi connectivity index (χ3v) is 4.41. The molecule has 0 saturated carbocycles. The number of benzene rings is 3. The molecule has 0 saturated heterocycles. The molecule has 4 nitrogen and oxygen atoms in total. The maximum absolute atomic E-state index is 12.1. The van der Waals surface area contributed by atoms with E-state index in [1.807, 2.05) is 91.9 Å². The Kier molecular flexibility index (Phi) is 5.02. The van der Waals surface area contributed by atoms with Crippen molar-refractivity contribution in [3.63, 3.8) is 0 Å². The van der Waals surface area contributed by atoms with Crippen LogP contribution in [0.3, 0.4) is 0 Å². The standard InChI is InChI=1S/C24H19NO3/c1-17(19-8-4-2-5-9-19)27-21-14-12-18(13-15-21)16-22-24(26)28-23(25-22)20-10-6-3-7-11-20/h2-17H,1H3/b22-16+. The Balaban J connectivity index is 1.48. The van der Waals surface area contributed by atoms with Gasteiger partial charge in [0.1, 0.15) is 11.9 Å². The van der Waals surface area contributed by atoms with Crippen molar-refractivity contribution in [2.24, 2.45) is 4.99 Å². The summed E-state index contributed by atoms with van der Waals surface area (Å²) in [4.78, 5) is 16.4. The van der Waals surface area contributed by atoms with Crippen LogP contribution in [0.4, 0.5) is 0 Å². The minimum absolute atomic E-state index is 0.0479. The molecule has 1 unspecified atom stereocenters. The third-order valence-electron chi connectivity index (χ3n) is 4.41. The average molecular weight is 369 g/mol. The van der Waals surface area contributed by atoms with Gasteiger partial charge in [0, 0.05) is 5.56 Å². The molecule has 138 valence electrons. The van der Waals surface area contributed by atoms with Crippen molar-refractivity contribution in [3.8, 4) is 5.75 Å². The summed E-state index contributed by atoms with van der Waals surface area (Å²) in [5.41, 5.74) is 3.03. The number of carbonyl (C=O) groups excluding carboxylic acids is 1. The van der Waals surface area contributed by atoms with Crippen molar-refractivity contribution in [2.45, 2.75) is 13.0 Å². The van der Waals surface area contributed by atoms with E-state index in [4.69, 9.17) is 9.47 Å². The van der Waals surface area contributed by atoms with Crippen LogP contribution in [-0.2, 0) is 9.53 Å². The molecule has 1 atom stereocenters. The van der Waals surface area contributed by atoms with Gasteiger partial charge in [0.25, 0.3) is 0 Å². The van der Waals surface area contributed by atoms with Crippen LogP contribution in [0.15, 0.2) is 95.6 Å². The Hall–Kier alpha value is -3.66. The van der Waals surface area contributed by atoms with Crippen LogP contribution in [0, 0.1) is 0 Å². The number of cyclic esters (lactones) is 1. The van der Waals surface area contributed by atoms with Crippen LogP contribution < -0.4 is 4.74 Å². The van der Waals surface area contributed by atoms with Crippen LogP contribution >= 0.6 is 0 Å². The Labute approximate surface area is 163 Å². The fourth-order valence-electron chi connectivity index (χ4n) is 2.91. The zero-order valence-electron chi connectivity index (χ0n) is 15.4. The Bertz CT molecular complexity index is 1020. The summed E-state index contributed by atoms with van der Waals surface area (Å²) in [5, 5.41) is 0. The first kappa shape index (κ1) is 17.7. The first-order chi connectivity index (χ1) is 13.7. The van der Waals surface area contributed by atoms with E-state index in [0.717, 1.165) is 22.4 Å². The van der Waals surface area contributed by atoms with E-state index in [9.17, 15) is 4.79 Å². The lowest BCUT2D eigenvalue weighted by molar-refractivity contribution is -0.129. The zero-order valence-corrected chi connectivity index (χ0v) is 15.4. The van der Waals surface area contributed by atoms with Gasteiger partial charge in [0.05, 0.1) is 0 Å². The van der Waals surface area contributed by atoms with Gasteiger partial charge >= 0.3 is 5.97 Å². The van der Waals surface area contributed by atoms with E-state index in [1.54, 1.807) is 6.08 Å². The molecule has 28 heavy (non-hydrogen) atoms. The Morgan fingerprint density at radius 2 is 1.54 bits per heavy atom. The average Bonchev–Trinajstić information content (AvgIpc) is 3.11. The van der Waals surface area contributed by atoms with Crippen LogP contribution in [0.5, 0.6) is 5.75 Å². The molecule has 0 spiro atoms. The molecule has 1 aliphatic heterocycles. The number of hydrogen-bond acceptors (Lipinski definition) is 4. The fourth-order valence-corrected chi connectivity index (χ4v) is 2.91. The second-order valence-electron chi connectivity index (χ2n) is 6.44. The second-order valence-corrected chi connectivity index (χ2v) is 6.44. The summed E-state index contributed by atoms with van der Waals surface area (Å²) < 4.78 is 11.3. The fraction of sp³-hybridized carbons (Fsp3) is 0.0833. The van der Waals surface area contributed by atoms with Gasteiger partial charge in [-0.1, -0.05) is 60.7 Å². The van der Waals surface area contributed by atoms with Crippen molar-refractivity contribution in [3.05, 3.63) is 107 Å². The molecule has 0 aliphatic carbocycles. The molecule has 4 rings (SSSR count). The van der Waals surface area contributed by atoms with Crippen molar-refractivity contribution in [1.82, 2.24) is 0 Å². The lowest BCUT2D eigenvalue weighted by Crippen LogP contribution is -2.04. The number of rotatable bonds is 5. The summed E-state index contributed by atoms with van der Waals surface area (Å²) in [7, 11) is 0. The van der Waals surface area contributed by atoms with E-state index in [1.165, 1.54) is 0 Å². The highest BCUT2D eigenvalue weighted by Gasteiger charge is 2.23. The Morgan fingerprint density at radius 3 is 2.21 bits per heavy atom. The SMILES string of the molecule is CC(Oc1ccc(/C=C2/N=C(c3ccccc3)OC2=O)cc1)c1ccccc1. The van der Waals surface area contributed by atoms with Crippen molar-refractivity contribution >= 4 is 17.9 Å². The molecule has 0 N–H and O–H groups in total. The van der Waals surface area contributed by atoms with Gasteiger partial charge in [0.2, 0.25) is 5.90 Å². The van der Waals surface area contributed by atoms with Gasteiger partial charge in [-0.25, -0.2) is 9.79 Å². The van der Waals surface area contributed by atoms with E-state index < -0.39 is 5.97 Å². The van der Waals surface area contributed by atoms with Crippen LogP contribution in [0.2, 0.25) is 0 Å². The number of hydrogen-bond donors (Lipinski definition) is 0. The minimum Gasteiger partial charge on any atom is -0.486 e. The largest absolute Gasteiger partial charge is 0.486 e. The normalized spacial score (nSPS) is 15.8. The molecule has 0 bridgehead atoms. The molecule has 1 aliphatic rings. The van der Waals surface area contributed by atoms with E-state index in [-0.39, 0.29) is 11.8 Å². The number of ether oxygens (including phenoxy) is 2. The molecular formula is C24H19NO3. The van der Waals surface area contributed by atoms with Crippen molar-refractivity contribution < 1.29 is 14.3 Å². The van der Waals surface area contributed by atoms with Gasteiger partial charge in [0.15, 0.2) is 5.70 Å². The Morgan fingerprint density at radius 1 is 0.893 bits per heavy atom.